The summed E-state index contributed by atoms with van der Waals surface area (Å²) in [7, 11) is 0. The van der Waals surface area contributed by atoms with Gasteiger partial charge in [-0.1, -0.05) is 54.6 Å². The number of primary amides is 1. The van der Waals surface area contributed by atoms with Gasteiger partial charge in [-0.2, -0.15) is 0 Å². The number of aromatic nitrogens is 3. The Kier molecular flexibility index (Phi) is 24.6. The number of hydrogen-bond acceptors (Lipinski definition) is 12. The summed E-state index contributed by atoms with van der Waals surface area (Å²) in [6.45, 7) is 0.347. The van der Waals surface area contributed by atoms with Crippen LogP contribution in [0.15, 0.2) is 111 Å². The molecular formula is C57H81N23O7. The smallest absolute Gasteiger partial charge is 0.243 e. The van der Waals surface area contributed by atoms with Crippen LogP contribution in [0.25, 0.3) is 32.7 Å². The number of amides is 7. The summed E-state index contributed by atoms with van der Waals surface area (Å²) in [6, 6.07) is 12.9. The van der Waals surface area contributed by atoms with Gasteiger partial charge in [-0.05, 0) is 92.7 Å². The van der Waals surface area contributed by atoms with E-state index in [1.54, 1.807) is 30.7 Å². The standard InChI is InChI=1S/C57H81N23O7/c58-37(25-31-28-72-38-14-4-1-11-34(31)38)48(82)76-42(18-8-22-69-55(62)63)50(84)77-44(20-10-24-71-57(66)67)51(85)79-46(27-33-30-74-40-16-6-3-13-36(33)40)53(87)80-45(26-32-29-73-39-15-5-2-12-35(32)39)52(86)78-43(19-9-23-70-56(64)65)49(83)75-41(47(59)81)17-7-21-68-54(60)61/h1-6,11-16,28-30,37,41-46,72-74H,7-10,17-27,58H2,(H2,59,81)(H,75,83)(H,76,82)(H,77,84)(H,78,86)(H,79,85)(H,80,87)(H4,60,61,68)(H4,62,63,69)(H4,64,65,70)(H4,66,67,71)/t37-,41-,42-,43-,44-,45-,46-/m0/s1. The summed E-state index contributed by atoms with van der Waals surface area (Å²) in [6.07, 6.45) is 5.71. The molecule has 7 atom stereocenters. The number of benzene rings is 3. The van der Waals surface area contributed by atoms with Crippen molar-refractivity contribution in [1.82, 2.24) is 46.9 Å². The second kappa shape index (κ2) is 32.6. The van der Waals surface area contributed by atoms with Gasteiger partial charge in [-0.3, -0.25) is 53.5 Å². The van der Waals surface area contributed by atoms with Crippen molar-refractivity contribution in [2.75, 3.05) is 26.2 Å². The Morgan fingerprint density at radius 2 is 0.621 bits per heavy atom. The van der Waals surface area contributed by atoms with E-state index < -0.39 is 83.6 Å². The summed E-state index contributed by atoms with van der Waals surface area (Å²) in [4.78, 5) is 126. The number of nitrogens with two attached hydrogens (primary N) is 10. The van der Waals surface area contributed by atoms with Gasteiger partial charge in [0.25, 0.3) is 0 Å². The number of para-hydroxylation sites is 3. The molecule has 3 aromatic carbocycles. The SMILES string of the molecule is NC(=O)[C@H](CCCN=C(N)N)NC(=O)[C@H](CCCN=C(N)N)NC(=O)[C@H](Cc1c[nH]c2ccccc12)NC(=O)[C@H](Cc1c[nH]c2ccccc12)NC(=O)[C@H](CCCN=C(N)N)NC(=O)[C@H](CCCN=C(N)N)NC(=O)[C@@H](N)Cc1c[nH]c2ccccc12. The number of carbonyl (C=O) groups excluding carboxylic acids is 7. The molecule has 7 amide bonds. The first-order chi connectivity index (χ1) is 41.7. The van der Waals surface area contributed by atoms with Crippen molar-refractivity contribution in [3.05, 3.63) is 108 Å². The fourth-order valence-corrected chi connectivity index (χ4v) is 9.84. The average Bonchev–Trinajstić information content (AvgIpc) is 2.45. The molecule has 0 radical (unpaired) electrons. The number of carbonyl (C=O) groups is 7. The molecule has 0 bridgehead atoms. The van der Waals surface area contributed by atoms with Gasteiger partial charge in [-0.15, -0.1) is 0 Å². The average molecular weight is 1200 g/mol. The van der Waals surface area contributed by atoms with Gasteiger partial charge in [0.15, 0.2) is 23.8 Å². The first-order valence-corrected chi connectivity index (χ1v) is 28.4. The number of H-pyrrole nitrogens is 3. The Labute approximate surface area is 501 Å². The largest absolute Gasteiger partial charge is 0.370 e. The first-order valence-electron chi connectivity index (χ1n) is 28.4. The van der Waals surface area contributed by atoms with Crippen LogP contribution in [0.4, 0.5) is 0 Å². The van der Waals surface area contributed by atoms with Crippen molar-refractivity contribution in [1.29, 1.82) is 0 Å². The number of nitrogens with zero attached hydrogens (tertiary/aromatic N) is 4. The third kappa shape index (κ3) is 20.4. The van der Waals surface area contributed by atoms with Crippen LogP contribution in [-0.2, 0) is 52.8 Å². The molecular weight excluding hydrogens is 1120 g/mol. The zero-order valence-electron chi connectivity index (χ0n) is 48.2. The Bertz CT molecular complexity index is 3440. The van der Waals surface area contributed by atoms with Crippen molar-refractivity contribution in [2.45, 2.75) is 113 Å². The second-order valence-corrected chi connectivity index (χ2v) is 20.9. The molecule has 0 aliphatic heterocycles. The minimum Gasteiger partial charge on any atom is -0.370 e. The van der Waals surface area contributed by atoms with E-state index >= 15 is 4.79 Å². The summed E-state index contributed by atoms with van der Waals surface area (Å²) in [5.74, 6) is -6.30. The topological polar surface area (TPSA) is 549 Å². The zero-order chi connectivity index (χ0) is 63.0. The Morgan fingerprint density at radius 1 is 0.356 bits per heavy atom. The van der Waals surface area contributed by atoms with Crippen LogP contribution in [0.2, 0.25) is 0 Å². The first kappa shape index (κ1) is 65.8. The molecule has 0 fully saturated rings. The quantitative estimate of drug-likeness (QED) is 0.0108. The Hall–Kier alpha value is -10.4. The number of aliphatic imine (C=N–C) groups is 4. The fourth-order valence-electron chi connectivity index (χ4n) is 9.84. The van der Waals surface area contributed by atoms with E-state index in [1.165, 1.54) is 0 Å². The van der Waals surface area contributed by atoms with Crippen LogP contribution in [0.1, 0.15) is 68.1 Å². The highest BCUT2D eigenvalue weighted by Gasteiger charge is 2.35. The van der Waals surface area contributed by atoms with E-state index in [0.717, 1.165) is 38.3 Å². The number of guanidine groups is 4. The number of fused-ring (bicyclic) bond motifs is 3. The van der Waals surface area contributed by atoms with Crippen molar-refractivity contribution < 1.29 is 33.6 Å². The predicted molar refractivity (Wildman–Crippen MR) is 334 cm³/mol. The number of nitrogens with one attached hydrogen (secondary N) is 9. The fraction of sp³-hybridized carbons (Fsp3) is 0.386. The van der Waals surface area contributed by atoms with Gasteiger partial charge in [-0.25, -0.2) is 0 Å². The van der Waals surface area contributed by atoms with Crippen LogP contribution < -0.4 is 89.2 Å². The lowest BCUT2D eigenvalue weighted by atomic mass is 10.00. The summed E-state index contributed by atoms with van der Waals surface area (Å²) in [5.41, 5.74) is 61.0. The molecule has 0 saturated heterocycles. The van der Waals surface area contributed by atoms with E-state index in [0.29, 0.717) is 11.1 Å². The van der Waals surface area contributed by atoms with Crippen molar-refractivity contribution in [3.8, 4) is 0 Å². The highest BCUT2D eigenvalue weighted by atomic mass is 16.2. The molecule has 0 spiro atoms. The van der Waals surface area contributed by atoms with E-state index in [-0.39, 0.29) is 121 Å². The second-order valence-electron chi connectivity index (χ2n) is 20.9. The lowest BCUT2D eigenvalue weighted by Crippen LogP contribution is -2.60. The van der Waals surface area contributed by atoms with Crippen LogP contribution in [0.5, 0.6) is 0 Å². The van der Waals surface area contributed by atoms with Crippen LogP contribution in [-0.4, -0.2) is 149 Å². The van der Waals surface area contributed by atoms with E-state index in [2.05, 4.69) is 66.8 Å². The predicted octanol–water partition coefficient (Wildman–Crippen LogP) is -2.91. The molecule has 0 unspecified atom stereocenters. The molecule has 3 heterocycles. The molecule has 29 N–H and O–H groups in total. The van der Waals surface area contributed by atoms with Crippen LogP contribution in [0.3, 0.4) is 0 Å². The molecule has 0 saturated carbocycles. The lowest BCUT2D eigenvalue weighted by Gasteiger charge is -2.28. The van der Waals surface area contributed by atoms with Crippen molar-refractivity contribution in [2.24, 2.45) is 77.3 Å². The summed E-state index contributed by atoms with van der Waals surface area (Å²) < 4.78 is 0. The highest BCUT2D eigenvalue weighted by Crippen LogP contribution is 2.23. The van der Waals surface area contributed by atoms with Crippen molar-refractivity contribution in [3.63, 3.8) is 0 Å². The third-order valence-electron chi connectivity index (χ3n) is 14.3. The normalized spacial score (nSPS) is 13.5. The molecule has 466 valence electrons. The molecule has 0 aliphatic rings. The highest BCUT2D eigenvalue weighted by molar-refractivity contribution is 5.98. The van der Waals surface area contributed by atoms with Crippen LogP contribution in [0, 0.1) is 0 Å². The lowest BCUT2D eigenvalue weighted by molar-refractivity contribution is -0.135. The molecule has 0 aliphatic carbocycles. The summed E-state index contributed by atoms with van der Waals surface area (Å²) in [5, 5.41) is 19.0. The molecule has 30 heteroatoms. The van der Waals surface area contributed by atoms with Crippen LogP contribution >= 0.6 is 0 Å². The molecule has 87 heavy (non-hydrogen) atoms. The van der Waals surface area contributed by atoms with Gasteiger partial charge in [0.2, 0.25) is 41.4 Å². The maximum atomic E-state index is 15.2. The third-order valence-corrected chi connectivity index (χ3v) is 14.3. The van der Waals surface area contributed by atoms with E-state index in [4.69, 9.17) is 57.3 Å². The molecule has 6 aromatic rings. The van der Waals surface area contributed by atoms with Crippen molar-refractivity contribution >= 4 is 97.9 Å². The number of aromatic amines is 3. The zero-order valence-corrected chi connectivity index (χ0v) is 48.2. The number of hydrogen-bond donors (Lipinski definition) is 19. The van der Waals surface area contributed by atoms with Gasteiger partial charge >= 0.3 is 0 Å². The van der Waals surface area contributed by atoms with E-state index in [1.807, 2.05) is 60.7 Å². The van der Waals surface area contributed by atoms with Gasteiger partial charge in [0.1, 0.15) is 36.3 Å². The molecule has 6 rings (SSSR count). The monoisotopic (exact) mass is 1200 g/mol. The maximum absolute atomic E-state index is 15.2. The minimum absolute atomic E-state index is 0.00712. The Balaban J connectivity index is 1.32. The van der Waals surface area contributed by atoms with Gasteiger partial charge in [0.05, 0.1) is 6.04 Å². The van der Waals surface area contributed by atoms with Gasteiger partial charge in [0, 0.05) is 90.3 Å². The van der Waals surface area contributed by atoms with E-state index in [9.17, 15) is 28.8 Å². The molecule has 3 aromatic heterocycles. The number of rotatable bonds is 35. The molecule has 30 nitrogen and oxygen atoms in total. The summed E-state index contributed by atoms with van der Waals surface area (Å²) >= 11 is 0. The maximum Gasteiger partial charge on any atom is 0.243 e. The minimum atomic E-state index is -1.46. The van der Waals surface area contributed by atoms with Gasteiger partial charge < -0.3 is 104 Å². The Morgan fingerprint density at radius 3 is 0.943 bits per heavy atom.